The molecule has 1 aliphatic heterocycles. The van der Waals surface area contributed by atoms with Gasteiger partial charge >= 0.3 is 0 Å². The topological polar surface area (TPSA) is 23.6 Å². The van der Waals surface area contributed by atoms with Gasteiger partial charge in [0.15, 0.2) is 5.78 Å². The van der Waals surface area contributed by atoms with Gasteiger partial charge in [0.05, 0.1) is 15.3 Å². The van der Waals surface area contributed by atoms with Crippen LogP contribution in [0.15, 0.2) is 12.1 Å². The van der Waals surface area contributed by atoms with E-state index in [0.717, 1.165) is 24.5 Å². The summed E-state index contributed by atoms with van der Waals surface area (Å²) < 4.78 is 0.676. The van der Waals surface area contributed by atoms with Crippen molar-refractivity contribution in [3.05, 3.63) is 21.3 Å². The Balaban J connectivity index is 2.14. The summed E-state index contributed by atoms with van der Waals surface area (Å²) in [4.78, 5) is 17.3. The second-order valence-corrected chi connectivity index (χ2v) is 5.94. The number of hydrogen-bond donors (Lipinski definition) is 0. The maximum absolute atomic E-state index is 12.3. The number of halogens is 1. The van der Waals surface area contributed by atoms with Crippen molar-refractivity contribution in [2.24, 2.45) is 0 Å². The van der Waals surface area contributed by atoms with Crippen molar-refractivity contribution in [1.82, 2.24) is 9.80 Å². The molecule has 0 saturated carbocycles. The number of carbonyl (C=O) groups is 1. The van der Waals surface area contributed by atoms with Gasteiger partial charge in [0.25, 0.3) is 0 Å². The van der Waals surface area contributed by atoms with Crippen molar-refractivity contribution in [3.8, 4) is 0 Å². The van der Waals surface area contributed by atoms with Gasteiger partial charge in [0.2, 0.25) is 0 Å². The van der Waals surface area contributed by atoms with Crippen molar-refractivity contribution >= 4 is 28.7 Å². The molecule has 0 radical (unpaired) electrons. The van der Waals surface area contributed by atoms with Crippen LogP contribution in [0, 0.1) is 0 Å². The minimum atomic E-state index is -0.0338. The number of nitrogens with zero attached hydrogens (tertiary/aromatic N) is 2. The lowest BCUT2D eigenvalue weighted by Gasteiger charge is -2.36. The van der Waals surface area contributed by atoms with Gasteiger partial charge in [-0.05, 0) is 26.2 Å². The number of thiophene rings is 1. The molecule has 3 nitrogen and oxygen atoms in total. The molecular weight excluding hydrogens is 244 g/mol. The Bertz CT molecular complexity index is 393. The zero-order valence-electron chi connectivity index (χ0n) is 9.44. The van der Waals surface area contributed by atoms with Crippen molar-refractivity contribution < 1.29 is 4.79 Å². The number of carbonyl (C=O) groups excluding carboxylic acids is 1. The fourth-order valence-corrected chi connectivity index (χ4v) is 2.94. The van der Waals surface area contributed by atoms with Crippen molar-refractivity contribution in [1.29, 1.82) is 0 Å². The second kappa shape index (κ2) is 4.84. The summed E-state index contributed by atoms with van der Waals surface area (Å²) in [7, 11) is 4.06. The molecular formula is C11H15ClN2OS. The largest absolute Gasteiger partial charge is 0.303 e. The van der Waals surface area contributed by atoms with E-state index in [-0.39, 0.29) is 11.8 Å². The lowest BCUT2D eigenvalue weighted by Crippen LogP contribution is -2.53. The monoisotopic (exact) mass is 258 g/mol. The zero-order chi connectivity index (χ0) is 11.7. The molecule has 1 aromatic rings. The molecule has 5 heteroatoms. The number of piperazine rings is 1. The molecule has 2 heterocycles. The van der Waals surface area contributed by atoms with E-state index < -0.39 is 0 Å². The highest BCUT2D eigenvalue weighted by molar-refractivity contribution is 7.18. The first kappa shape index (κ1) is 12.0. The van der Waals surface area contributed by atoms with Crippen LogP contribution in [-0.2, 0) is 0 Å². The average molecular weight is 259 g/mol. The maximum atomic E-state index is 12.3. The van der Waals surface area contributed by atoms with E-state index in [1.807, 2.05) is 13.1 Å². The van der Waals surface area contributed by atoms with E-state index in [9.17, 15) is 4.79 Å². The van der Waals surface area contributed by atoms with Crippen LogP contribution < -0.4 is 0 Å². The van der Waals surface area contributed by atoms with E-state index in [0.29, 0.717) is 4.34 Å². The summed E-state index contributed by atoms with van der Waals surface area (Å²) in [5.74, 6) is 0.186. The molecule has 0 amide bonds. The Morgan fingerprint density at radius 1 is 1.44 bits per heavy atom. The van der Waals surface area contributed by atoms with Crippen LogP contribution in [0.2, 0.25) is 4.34 Å². The SMILES string of the molecule is CN1CCN(C)C(C(=O)c2ccc(Cl)s2)C1. The van der Waals surface area contributed by atoms with Gasteiger partial charge < -0.3 is 4.90 Å². The third-order valence-corrected chi connectivity index (χ3v) is 4.22. The van der Waals surface area contributed by atoms with Crippen LogP contribution in [0.25, 0.3) is 0 Å². The van der Waals surface area contributed by atoms with Crippen LogP contribution in [0.3, 0.4) is 0 Å². The Hall–Kier alpha value is -0.420. The number of rotatable bonds is 2. The molecule has 0 spiro atoms. The summed E-state index contributed by atoms with van der Waals surface area (Å²) in [5, 5.41) is 0. The summed E-state index contributed by atoms with van der Waals surface area (Å²) in [5.41, 5.74) is 0. The van der Waals surface area contributed by atoms with Gasteiger partial charge in [-0.2, -0.15) is 0 Å². The van der Waals surface area contributed by atoms with E-state index in [1.165, 1.54) is 11.3 Å². The highest BCUT2D eigenvalue weighted by Crippen LogP contribution is 2.24. The van der Waals surface area contributed by atoms with Crippen LogP contribution in [-0.4, -0.2) is 55.4 Å². The second-order valence-electron chi connectivity index (χ2n) is 4.23. The average Bonchev–Trinajstić information content (AvgIpc) is 2.67. The van der Waals surface area contributed by atoms with Crippen LogP contribution in [0.4, 0.5) is 0 Å². The normalized spacial score (nSPS) is 23.6. The fraction of sp³-hybridized carbons (Fsp3) is 0.545. The summed E-state index contributed by atoms with van der Waals surface area (Å²) in [6, 6.07) is 3.57. The summed E-state index contributed by atoms with van der Waals surface area (Å²) in [6.07, 6.45) is 0. The highest BCUT2D eigenvalue weighted by Gasteiger charge is 2.29. The molecule has 2 rings (SSSR count). The number of likely N-dealkylation sites (N-methyl/N-ethyl adjacent to an activating group) is 2. The lowest BCUT2D eigenvalue weighted by atomic mass is 10.1. The van der Waals surface area contributed by atoms with Crippen molar-refractivity contribution in [3.63, 3.8) is 0 Å². The maximum Gasteiger partial charge on any atom is 0.191 e. The number of Topliss-reactive ketones (excluding diaryl/α,β-unsaturated/α-hetero) is 1. The van der Waals surface area contributed by atoms with Crippen LogP contribution in [0.5, 0.6) is 0 Å². The molecule has 16 heavy (non-hydrogen) atoms. The van der Waals surface area contributed by atoms with E-state index in [4.69, 9.17) is 11.6 Å². The van der Waals surface area contributed by atoms with E-state index >= 15 is 0 Å². The predicted molar refractivity (Wildman–Crippen MR) is 67.6 cm³/mol. The first-order chi connectivity index (χ1) is 7.58. The van der Waals surface area contributed by atoms with Crippen LogP contribution in [0.1, 0.15) is 9.67 Å². The van der Waals surface area contributed by atoms with Gasteiger partial charge in [0, 0.05) is 19.6 Å². The first-order valence-corrected chi connectivity index (χ1v) is 6.45. The van der Waals surface area contributed by atoms with Gasteiger partial charge in [0.1, 0.15) is 0 Å². The third kappa shape index (κ3) is 2.46. The first-order valence-electron chi connectivity index (χ1n) is 5.26. The molecule has 0 aliphatic carbocycles. The van der Waals surface area contributed by atoms with Gasteiger partial charge in [-0.1, -0.05) is 11.6 Å². The minimum Gasteiger partial charge on any atom is -0.303 e. The zero-order valence-corrected chi connectivity index (χ0v) is 11.0. The van der Waals surface area contributed by atoms with Gasteiger partial charge in [-0.25, -0.2) is 0 Å². The smallest absolute Gasteiger partial charge is 0.191 e. The molecule has 1 atom stereocenters. The van der Waals surface area contributed by atoms with Crippen molar-refractivity contribution in [2.75, 3.05) is 33.7 Å². The summed E-state index contributed by atoms with van der Waals surface area (Å²) >= 11 is 7.21. The molecule has 1 saturated heterocycles. The predicted octanol–water partition coefficient (Wildman–Crippen LogP) is 1.83. The Kier molecular flexibility index (Phi) is 3.64. The molecule has 1 fully saturated rings. The quantitative estimate of drug-likeness (QED) is 0.757. The lowest BCUT2D eigenvalue weighted by molar-refractivity contribution is 0.0690. The Morgan fingerprint density at radius 3 is 2.81 bits per heavy atom. The van der Waals surface area contributed by atoms with Crippen LogP contribution >= 0.6 is 22.9 Å². The van der Waals surface area contributed by atoms with E-state index in [1.54, 1.807) is 6.07 Å². The minimum absolute atomic E-state index is 0.0338. The summed E-state index contributed by atoms with van der Waals surface area (Å²) in [6.45, 7) is 2.75. The number of ketones is 1. The fourth-order valence-electron chi connectivity index (χ4n) is 1.90. The molecule has 0 bridgehead atoms. The number of hydrogen-bond acceptors (Lipinski definition) is 4. The third-order valence-electron chi connectivity index (χ3n) is 2.97. The standard InChI is InChI=1S/C11H15ClN2OS/c1-13-5-6-14(2)8(7-13)11(15)9-3-4-10(12)16-9/h3-4,8H,5-7H2,1-2H3. The molecule has 1 aliphatic rings. The molecule has 0 N–H and O–H groups in total. The van der Waals surface area contributed by atoms with Crippen molar-refractivity contribution in [2.45, 2.75) is 6.04 Å². The van der Waals surface area contributed by atoms with Gasteiger partial charge in [-0.3, -0.25) is 9.69 Å². The molecule has 88 valence electrons. The molecule has 1 unspecified atom stereocenters. The Morgan fingerprint density at radius 2 is 2.19 bits per heavy atom. The molecule has 0 aromatic carbocycles. The van der Waals surface area contributed by atoms with E-state index in [2.05, 4.69) is 16.8 Å². The molecule has 1 aromatic heterocycles. The highest BCUT2D eigenvalue weighted by atomic mass is 35.5. The van der Waals surface area contributed by atoms with Gasteiger partial charge in [-0.15, -0.1) is 11.3 Å². The Labute approximate surface area is 105 Å².